The lowest BCUT2D eigenvalue weighted by Crippen LogP contribution is -1.90. The van der Waals surface area contributed by atoms with E-state index in [4.69, 9.17) is 10.8 Å². The van der Waals surface area contributed by atoms with E-state index >= 15 is 0 Å². The maximum atomic E-state index is 8.91. The fraction of sp³-hybridized carbons (Fsp3) is 0.111. The lowest BCUT2D eigenvalue weighted by atomic mass is 10.2. The molecule has 0 spiro atoms. The number of hydrogen-bond donors (Lipinski definition) is 3. The minimum Gasteiger partial charge on any atom is -0.397 e. The molecule has 0 aliphatic heterocycles. The largest absolute Gasteiger partial charge is 0.397 e. The van der Waals surface area contributed by atoms with Gasteiger partial charge in [-0.15, -0.1) is 0 Å². The Labute approximate surface area is 69.8 Å². The number of nitrogen functional groups attached to an aromatic ring is 1. The van der Waals surface area contributed by atoms with Crippen LogP contribution in [0.3, 0.4) is 0 Å². The van der Waals surface area contributed by atoms with Crippen LogP contribution < -0.4 is 5.73 Å². The van der Waals surface area contributed by atoms with Crippen molar-refractivity contribution in [2.75, 3.05) is 5.73 Å². The average molecular weight is 162 g/mol. The number of para-hydroxylation sites is 1. The highest BCUT2D eigenvalue weighted by Crippen LogP contribution is 2.23. The number of benzene rings is 1. The zero-order valence-corrected chi connectivity index (χ0v) is 6.54. The van der Waals surface area contributed by atoms with Crippen LogP contribution in [0.4, 0.5) is 5.69 Å². The number of anilines is 1. The van der Waals surface area contributed by atoms with Crippen molar-refractivity contribution in [3.63, 3.8) is 0 Å². The minimum atomic E-state index is -0.0412. The van der Waals surface area contributed by atoms with Gasteiger partial charge in [0.2, 0.25) is 0 Å². The van der Waals surface area contributed by atoms with Crippen molar-refractivity contribution >= 4 is 16.6 Å². The highest BCUT2D eigenvalue weighted by Gasteiger charge is 2.05. The second-order valence-corrected chi connectivity index (χ2v) is 2.72. The molecular weight excluding hydrogens is 152 g/mol. The van der Waals surface area contributed by atoms with E-state index in [1.807, 2.05) is 24.3 Å². The Morgan fingerprint density at radius 3 is 2.75 bits per heavy atom. The number of fused-ring (bicyclic) bond motifs is 1. The first-order valence-electron chi connectivity index (χ1n) is 3.79. The molecule has 2 rings (SSSR count). The first-order chi connectivity index (χ1) is 5.83. The van der Waals surface area contributed by atoms with E-state index in [0.717, 1.165) is 10.9 Å². The molecule has 1 aromatic heterocycles. The first kappa shape index (κ1) is 7.18. The van der Waals surface area contributed by atoms with Crippen molar-refractivity contribution < 1.29 is 5.11 Å². The summed E-state index contributed by atoms with van der Waals surface area (Å²) in [5.74, 6) is 0. The molecule has 3 heteroatoms. The number of rotatable bonds is 1. The molecule has 0 atom stereocenters. The Morgan fingerprint density at radius 2 is 2.08 bits per heavy atom. The van der Waals surface area contributed by atoms with Gasteiger partial charge in [0.05, 0.1) is 18.0 Å². The summed E-state index contributed by atoms with van der Waals surface area (Å²) in [5, 5.41) is 9.88. The summed E-state index contributed by atoms with van der Waals surface area (Å²) < 4.78 is 0. The number of nitrogens with two attached hydrogens (primary N) is 1. The summed E-state index contributed by atoms with van der Waals surface area (Å²) in [4.78, 5) is 3.04. The van der Waals surface area contributed by atoms with Gasteiger partial charge in [-0.3, -0.25) is 0 Å². The zero-order chi connectivity index (χ0) is 8.55. The van der Waals surface area contributed by atoms with Gasteiger partial charge in [0, 0.05) is 10.9 Å². The van der Waals surface area contributed by atoms with Gasteiger partial charge < -0.3 is 15.8 Å². The van der Waals surface area contributed by atoms with E-state index < -0.39 is 0 Å². The summed E-state index contributed by atoms with van der Waals surface area (Å²) in [6.45, 7) is -0.0412. The van der Waals surface area contributed by atoms with Crippen LogP contribution in [-0.2, 0) is 6.61 Å². The molecule has 0 unspecified atom stereocenters. The van der Waals surface area contributed by atoms with Gasteiger partial charge in [-0.2, -0.15) is 0 Å². The maximum absolute atomic E-state index is 8.91. The molecule has 2 aromatic rings. The Morgan fingerprint density at radius 1 is 1.33 bits per heavy atom. The van der Waals surface area contributed by atoms with Crippen molar-refractivity contribution in [2.45, 2.75) is 6.61 Å². The Bertz CT molecular complexity index is 406. The van der Waals surface area contributed by atoms with Crippen LogP contribution >= 0.6 is 0 Å². The van der Waals surface area contributed by atoms with Gasteiger partial charge in [-0.25, -0.2) is 0 Å². The van der Waals surface area contributed by atoms with Gasteiger partial charge in [0.15, 0.2) is 0 Å². The summed E-state index contributed by atoms with van der Waals surface area (Å²) in [6.07, 6.45) is 0. The smallest absolute Gasteiger partial charge is 0.0852 e. The van der Waals surface area contributed by atoms with Crippen LogP contribution in [0.25, 0.3) is 10.9 Å². The van der Waals surface area contributed by atoms with Crippen molar-refractivity contribution in [3.8, 4) is 0 Å². The van der Waals surface area contributed by atoms with Gasteiger partial charge in [-0.1, -0.05) is 18.2 Å². The Kier molecular flexibility index (Phi) is 1.52. The molecule has 1 heterocycles. The predicted octanol–water partition coefficient (Wildman–Crippen LogP) is 1.24. The number of hydrogen-bond acceptors (Lipinski definition) is 2. The van der Waals surface area contributed by atoms with Crippen molar-refractivity contribution in [2.24, 2.45) is 0 Å². The zero-order valence-electron chi connectivity index (χ0n) is 6.54. The second-order valence-electron chi connectivity index (χ2n) is 2.72. The number of aromatic nitrogens is 1. The van der Waals surface area contributed by atoms with Crippen LogP contribution in [0, 0.1) is 0 Å². The van der Waals surface area contributed by atoms with E-state index in [1.165, 1.54) is 0 Å². The highest BCUT2D eigenvalue weighted by atomic mass is 16.3. The van der Waals surface area contributed by atoms with Crippen molar-refractivity contribution in [3.05, 3.63) is 30.0 Å². The predicted molar refractivity (Wildman–Crippen MR) is 48.6 cm³/mol. The number of aromatic amines is 1. The summed E-state index contributed by atoms with van der Waals surface area (Å²) in [5.41, 5.74) is 8.07. The number of H-pyrrole nitrogens is 1. The molecule has 0 aliphatic carbocycles. The molecule has 0 saturated carbocycles. The van der Waals surface area contributed by atoms with Crippen LogP contribution in [-0.4, -0.2) is 10.1 Å². The fourth-order valence-electron chi connectivity index (χ4n) is 1.34. The molecule has 1 aromatic carbocycles. The number of nitrogens with one attached hydrogen (secondary N) is 1. The molecule has 0 amide bonds. The standard InChI is InChI=1S/C9H10N2O/c10-9-6-3-1-2-4-7(6)11-8(9)5-12/h1-4,11-12H,5,10H2. The third-order valence-corrected chi connectivity index (χ3v) is 1.99. The molecule has 4 N–H and O–H groups in total. The summed E-state index contributed by atoms with van der Waals surface area (Å²) in [7, 11) is 0. The molecule has 0 radical (unpaired) electrons. The highest BCUT2D eigenvalue weighted by molar-refractivity contribution is 5.92. The SMILES string of the molecule is Nc1c(CO)[nH]c2ccccc12. The van der Waals surface area contributed by atoms with E-state index in [0.29, 0.717) is 11.4 Å². The lowest BCUT2D eigenvalue weighted by Gasteiger charge is -1.91. The first-order valence-corrected chi connectivity index (χ1v) is 3.79. The van der Waals surface area contributed by atoms with Gasteiger partial charge in [-0.05, 0) is 6.07 Å². The Balaban J connectivity index is 2.78. The van der Waals surface area contributed by atoms with Gasteiger partial charge in [0.1, 0.15) is 0 Å². The molecule has 3 nitrogen and oxygen atoms in total. The summed E-state index contributed by atoms with van der Waals surface area (Å²) in [6, 6.07) is 7.72. The third kappa shape index (κ3) is 0.871. The van der Waals surface area contributed by atoms with Crippen LogP contribution in [0.5, 0.6) is 0 Å². The van der Waals surface area contributed by atoms with E-state index in [9.17, 15) is 0 Å². The van der Waals surface area contributed by atoms with E-state index in [2.05, 4.69) is 4.98 Å². The van der Waals surface area contributed by atoms with Gasteiger partial charge >= 0.3 is 0 Å². The van der Waals surface area contributed by atoms with Crippen LogP contribution in [0.2, 0.25) is 0 Å². The quantitative estimate of drug-likeness (QED) is 0.590. The van der Waals surface area contributed by atoms with Gasteiger partial charge in [0.25, 0.3) is 0 Å². The molecular formula is C9H10N2O. The number of aliphatic hydroxyl groups excluding tert-OH is 1. The van der Waals surface area contributed by atoms with E-state index in [1.54, 1.807) is 0 Å². The fourth-order valence-corrected chi connectivity index (χ4v) is 1.34. The third-order valence-electron chi connectivity index (χ3n) is 1.99. The van der Waals surface area contributed by atoms with Crippen LogP contribution in [0.1, 0.15) is 5.69 Å². The summed E-state index contributed by atoms with van der Waals surface area (Å²) >= 11 is 0. The van der Waals surface area contributed by atoms with E-state index in [-0.39, 0.29) is 6.61 Å². The molecule has 62 valence electrons. The lowest BCUT2D eigenvalue weighted by molar-refractivity contribution is 0.278. The topological polar surface area (TPSA) is 62.0 Å². The molecule has 12 heavy (non-hydrogen) atoms. The monoisotopic (exact) mass is 162 g/mol. The second kappa shape index (κ2) is 2.53. The maximum Gasteiger partial charge on any atom is 0.0852 e. The average Bonchev–Trinajstić information content (AvgIpc) is 2.44. The van der Waals surface area contributed by atoms with Crippen molar-refractivity contribution in [1.29, 1.82) is 0 Å². The molecule has 0 bridgehead atoms. The van der Waals surface area contributed by atoms with Crippen molar-refractivity contribution in [1.82, 2.24) is 4.98 Å². The molecule has 0 aliphatic rings. The normalized spacial score (nSPS) is 10.8. The minimum absolute atomic E-state index is 0.0412. The number of aliphatic hydroxyl groups is 1. The molecule has 0 saturated heterocycles. The molecule has 0 fully saturated rings. The van der Waals surface area contributed by atoms with Crippen LogP contribution in [0.15, 0.2) is 24.3 Å². The Hall–Kier alpha value is -1.48.